The Kier molecular flexibility index (Phi) is 9.51. The van der Waals surface area contributed by atoms with E-state index in [0.717, 1.165) is 43.5 Å². The largest absolute Gasteiger partial charge is 0.493 e. The molecule has 0 saturated carbocycles. The minimum Gasteiger partial charge on any atom is -0.493 e. The number of ether oxygens (including phenoxy) is 2. The van der Waals surface area contributed by atoms with Gasteiger partial charge in [-0.2, -0.15) is 4.98 Å². The molecule has 0 aliphatic carbocycles. The molecule has 0 spiro atoms. The molecule has 2 heterocycles. The molecule has 1 aromatic carbocycles. The smallest absolute Gasteiger partial charge is 0.227 e. The zero-order valence-corrected chi connectivity index (χ0v) is 16.9. The molecule has 0 atom stereocenters. The van der Waals surface area contributed by atoms with Crippen LogP contribution in [0.15, 0.2) is 12.1 Å². The number of nitrogens with two attached hydrogens (primary N) is 1. The fourth-order valence-corrected chi connectivity index (χ4v) is 2.65. The van der Waals surface area contributed by atoms with E-state index in [4.69, 9.17) is 15.2 Å². The van der Waals surface area contributed by atoms with E-state index in [1.165, 1.54) is 0 Å². The Morgan fingerprint density at radius 2 is 1.62 bits per heavy atom. The number of nitrogens with zero attached hydrogens (tertiary/aromatic N) is 3. The Morgan fingerprint density at radius 3 is 2.27 bits per heavy atom. The first kappa shape index (κ1) is 21.8. The molecule has 0 amide bonds. The van der Waals surface area contributed by atoms with Crippen molar-refractivity contribution in [1.82, 2.24) is 15.3 Å². The van der Waals surface area contributed by atoms with Crippen molar-refractivity contribution in [3.63, 3.8) is 0 Å². The van der Waals surface area contributed by atoms with Crippen LogP contribution in [0.1, 0.15) is 34.1 Å². The summed E-state index contributed by atoms with van der Waals surface area (Å²) in [7, 11) is 3.20. The maximum Gasteiger partial charge on any atom is 0.227 e. The van der Waals surface area contributed by atoms with Crippen molar-refractivity contribution in [1.29, 1.82) is 0 Å². The molecule has 1 saturated heterocycles. The highest BCUT2D eigenvalue weighted by molar-refractivity contribution is 5.91. The summed E-state index contributed by atoms with van der Waals surface area (Å²) in [6.45, 7) is 11.7. The van der Waals surface area contributed by atoms with Gasteiger partial charge in [-0.3, -0.25) is 0 Å². The van der Waals surface area contributed by atoms with Crippen LogP contribution in [0.4, 0.5) is 11.8 Å². The number of fused-ring (bicyclic) bond motifs is 1. The van der Waals surface area contributed by atoms with Crippen LogP contribution in [0.25, 0.3) is 10.9 Å². The van der Waals surface area contributed by atoms with E-state index < -0.39 is 0 Å². The van der Waals surface area contributed by atoms with E-state index in [2.05, 4.69) is 20.2 Å². The van der Waals surface area contributed by atoms with Crippen molar-refractivity contribution in [3.05, 3.63) is 12.1 Å². The second-order valence-electron chi connectivity index (χ2n) is 5.22. The first-order chi connectivity index (χ1) is 12.7. The summed E-state index contributed by atoms with van der Waals surface area (Å²) in [6, 6.07) is 3.66. The molecule has 7 heteroatoms. The molecule has 1 fully saturated rings. The third-order valence-corrected chi connectivity index (χ3v) is 3.84. The monoisotopic (exact) mass is 363 g/mol. The van der Waals surface area contributed by atoms with Crippen molar-refractivity contribution in [2.75, 3.05) is 51.0 Å². The number of hydrogen-bond acceptors (Lipinski definition) is 7. The predicted molar refractivity (Wildman–Crippen MR) is 109 cm³/mol. The van der Waals surface area contributed by atoms with Crippen LogP contribution in [-0.2, 0) is 0 Å². The zero-order chi connectivity index (χ0) is 19.5. The minimum absolute atomic E-state index is 0.457. The second kappa shape index (κ2) is 11.4. The molecule has 26 heavy (non-hydrogen) atoms. The molecule has 3 rings (SSSR count). The van der Waals surface area contributed by atoms with Crippen molar-refractivity contribution in [2.24, 2.45) is 0 Å². The normalized spacial score (nSPS) is 13.7. The van der Waals surface area contributed by atoms with Crippen LogP contribution >= 0.6 is 0 Å². The Morgan fingerprint density at radius 1 is 0.962 bits per heavy atom. The van der Waals surface area contributed by atoms with Crippen LogP contribution in [-0.4, -0.2) is 50.4 Å². The Labute approximate surface area is 156 Å². The van der Waals surface area contributed by atoms with Gasteiger partial charge in [0.1, 0.15) is 5.82 Å². The van der Waals surface area contributed by atoms with Crippen molar-refractivity contribution in [2.45, 2.75) is 34.1 Å². The quantitative estimate of drug-likeness (QED) is 0.866. The molecule has 0 unspecified atom stereocenters. The van der Waals surface area contributed by atoms with Gasteiger partial charge in [-0.05, 0) is 19.0 Å². The molecular weight excluding hydrogens is 330 g/mol. The van der Waals surface area contributed by atoms with Gasteiger partial charge < -0.3 is 25.4 Å². The first-order valence-electron chi connectivity index (χ1n) is 9.38. The SMILES string of the molecule is CC.CC.COc1cc2nc(N3CCCNCC3)nc(N)c2cc1OC. The number of anilines is 2. The molecule has 0 radical (unpaired) electrons. The van der Waals surface area contributed by atoms with Gasteiger partial charge >= 0.3 is 0 Å². The van der Waals surface area contributed by atoms with Crippen molar-refractivity contribution < 1.29 is 9.47 Å². The lowest BCUT2D eigenvalue weighted by Gasteiger charge is -2.20. The summed E-state index contributed by atoms with van der Waals surface area (Å²) < 4.78 is 10.6. The number of hydrogen-bond donors (Lipinski definition) is 2. The van der Waals surface area contributed by atoms with Gasteiger partial charge in [-0.25, -0.2) is 4.98 Å². The second-order valence-corrected chi connectivity index (χ2v) is 5.22. The van der Waals surface area contributed by atoms with E-state index in [1.54, 1.807) is 14.2 Å². The van der Waals surface area contributed by atoms with Gasteiger partial charge in [-0.1, -0.05) is 27.7 Å². The van der Waals surface area contributed by atoms with Gasteiger partial charge in [0.2, 0.25) is 5.95 Å². The van der Waals surface area contributed by atoms with Crippen molar-refractivity contribution >= 4 is 22.7 Å². The molecular formula is C19H33N5O2. The zero-order valence-electron chi connectivity index (χ0n) is 16.9. The number of rotatable bonds is 3. The maximum absolute atomic E-state index is 6.13. The molecule has 0 bridgehead atoms. The lowest BCUT2D eigenvalue weighted by Crippen LogP contribution is -2.29. The first-order valence-corrected chi connectivity index (χ1v) is 9.38. The molecule has 3 N–H and O–H groups in total. The molecule has 146 valence electrons. The van der Waals surface area contributed by atoms with Crippen LogP contribution in [0.5, 0.6) is 11.5 Å². The van der Waals surface area contributed by atoms with Gasteiger partial charge in [0.15, 0.2) is 11.5 Å². The molecule has 2 aromatic rings. The van der Waals surface area contributed by atoms with Gasteiger partial charge in [-0.15, -0.1) is 0 Å². The third kappa shape index (κ3) is 5.11. The van der Waals surface area contributed by atoms with Crippen LogP contribution < -0.4 is 25.4 Å². The van der Waals surface area contributed by atoms with Crippen LogP contribution in [0.3, 0.4) is 0 Å². The topological polar surface area (TPSA) is 85.5 Å². The molecule has 1 aliphatic rings. The summed E-state index contributed by atoms with van der Waals surface area (Å²) in [5, 5.41) is 4.14. The fourth-order valence-electron chi connectivity index (χ4n) is 2.65. The van der Waals surface area contributed by atoms with E-state index in [9.17, 15) is 0 Å². The Hall–Kier alpha value is -2.28. The number of benzene rings is 1. The summed E-state index contributed by atoms with van der Waals surface area (Å²) in [5.74, 6) is 2.38. The van der Waals surface area contributed by atoms with Gasteiger partial charge in [0, 0.05) is 31.1 Å². The third-order valence-electron chi connectivity index (χ3n) is 3.84. The summed E-state index contributed by atoms with van der Waals surface area (Å²) in [4.78, 5) is 11.3. The Balaban J connectivity index is 0.000000791. The van der Waals surface area contributed by atoms with E-state index in [0.29, 0.717) is 23.3 Å². The number of nitrogen functional groups attached to an aromatic ring is 1. The number of aromatic nitrogens is 2. The lowest BCUT2D eigenvalue weighted by atomic mass is 10.2. The van der Waals surface area contributed by atoms with Crippen molar-refractivity contribution in [3.8, 4) is 11.5 Å². The van der Waals surface area contributed by atoms with Crippen LogP contribution in [0.2, 0.25) is 0 Å². The summed E-state index contributed by atoms with van der Waals surface area (Å²) in [6.07, 6.45) is 1.06. The van der Waals surface area contributed by atoms with E-state index in [-0.39, 0.29) is 0 Å². The number of nitrogens with one attached hydrogen (secondary N) is 1. The van der Waals surface area contributed by atoms with Gasteiger partial charge in [0.05, 0.1) is 19.7 Å². The highest BCUT2D eigenvalue weighted by Crippen LogP contribution is 2.34. The summed E-state index contributed by atoms with van der Waals surface area (Å²) >= 11 is 0. The molecule has 1 aliphatic heterocycles. The highest BCUT2D eigenvalue weighted by atomic mass is 16.5. The summed E-state index contributed by atoms with van der Waals surface area (Å²) in [5.41, 5.74) is 6.89. The predicted octanol–water partition coefficient (Wildman–Crippen LogP) is 3.08. The Bertz CT molecular complexity index is 671. The molecule has 1 aromatic heterocycles. The van der Waals surface area contributed by atoms with E-state index in [1.807, 2.05) is 39.8 Å². The highest BCUT2D eigenvalue weighted by Gasteiger charge is 2.16. The average molecular weight is 364 g/mol. The number of methoxy groups -OCH3 is 2. The van der Waals surface area contributed by atoms with E-state index >= 15 is 0 Å². The van der Waals surface area contributed by atoms with Gasteiger partial charge in [0.25, 0.3) is 0 Å². The standard InChI is InChI=1S/C15H21N5O2.2C2H6/c1-21-12-8-10-11(9-13(12)22-2)18-15(19-14(10)16)20-6-3-4-17-5-7-20;2*1-2/h8-9,17H,3-7H2,1-2H3,(H2,16,18,19);2*1-2H3. The molecule has 7 nitrogen and oxygen atoms in total. The fraction of sp³-hybridized carbons (Fsp3) is 0.579. The lowest BCUT2D eigenvalue weighted by molar-refractivity contribution is 0.356. The van der Waals surface area contributed by atoms with Crippen LogP contribution in [0, 0.1) is 0 Å². The minimum atomic E-state index is 0.457. The maximum atomic E-state index is 6.13. The average Bonchev–Trinajstić information content (AvgIpc) is 2.99.